The number of aromatic nitrogens is 1. The molecule has 20 heavy (non-hydrogen) atoms. The van der Waals surface area contributed by atoms with Crippen LogP contribution in [0.1, 0.15) is 36.7 Å². The molecule has 0 aliphatic carbocycles. The highest BCUT2D eigenvalue weighted by Gasteiger charge is 2.21. The van der Waals surface area contributed by atoms with Crippen LogP contribution in [-0.4, -0.2) is 43.7 Å². The molecule has 1 aromatic heterocycles. The first-order valence-electron chi connectivity index (χ1n) is 7.28. The van der Waals surface area contributed by atoms with Gasteiger partial charge < -0.3 is 15.0 Å². The third-order valence-corrected chi connectivity index (χ3v) is 3.65. The molecule has 1 unspecified atom stereocenters. The smallest absolute Gasteiger partial charge is 0.356 e. The first-order chi connectivity index (χ1) is 9.76. The fraction of sp³-hybridized carbons (Fsp3) is 0.600. The Bertz CT molecular complexity index is 444. The molecule has 2 heterocycles. The van der Waals surface area contributed by atoms with Crippen LogP contribution in [0.3, 0.4) is 0 Å². The van der Waals surface area contributed by atoms with Crippen molar-refractivity contribution in [2.45, 2.75) is 32.2 Å². The molecule has 110 valence electrons. The second-order valence-corrected chi connectivity index (χ2v) is 5.08. The van der Waals surface area contributed by atoms with Crippen LogP contribution < -0.4 is 10.2 Å². The molecular weight excluding hydrogens is 254 g/mol. The van der Waals surface area contributed by atoms with Gasteiger partial charge in [-0.3, -0.25) is 0 Å². The monoisotopic (exact) mass is 277 g/mol. The van der Waals surface area contributed by atoms with Crippen LogP contribution in [0.25, 0.3) is 0 Å². The van der Waals surface area contributed by atoms with E-state index in [4.69, 9.17) is 4.74 Å². The summed E-state index contributed by atoms with van der Waals surface area (Å²) in [6.07, 6.45) is 5.13. The average molecular weight is 277 g/mol. The number of nitrogens with zero attached hydrogens (tertiary/aromatic N) is 2. The van der Waals surface area contributed by atoms with E-state index in [0.717, 1.165) is 31.7 Å². The number of pyridine rings is 1. The van der Waals surface area contributed by atoms with Gasteiger partial charge in [-0.1, -0.05) is 6.92 Å². The Hall–Kier alpha value is -1.62. The highest BCUT2D eigenvalue weighted by molar-refractivity contribution is 5.88. The summed E-state index contributed by atoms with van der Waals surface area (Å²) < 4.78 is 4.74. The molecule has 5 heteroatoms. The van der Waals surface area contributed by atoms with E-state index in [9.17, 15) is 4.79 Å². The second kappa shape index (κ2) is 7.24. The van der Waals surface area contributed by atoms with Crippen molar-refractivity contribution in [2.75, 3.05) is 31.6 Å². The van der Waals surface area contributed by atoms with Gasteiger partial charge in [-0.2, -0.15) is 0 Å². The van der Waals surface area contributed by atoms with Gasteiger partial charge >= 0.3 is 5.97 Å². The third kappa shape index (κ3) is 3.48. The van der Waals surface area contributed by atoms with Gasteiger partial charge in [-0.05, 0) is 37.9 Å². The zero-order valence-corrected chi connectivity index (χ0v) is 12.3. The maximum absolute atomic E-state index is 11.6. The van der Waals surface area contributed by atoms with Gasteiger partial charge in [-0.25, -0.2) is 9.78 Å². The highest BCUT2D eigenvalue weighted by atomic mass is 16.5. The van der Waals surface area contributed by atoms with Crippen molar-refractivity contribution in [3.05, 3.63) is 24.0 Å². The third-order valence-electron chi connectivity index (χ3n) is 3.65. The molecule has 2 rings (SSSR count). The molecule has 1 N–H and O–H groups in total. The molecule has 0 radical (unpaired) electrons. The van der Waals surface area contributed by atoms with Crippen molar-refractivity contribution in [1.82, 2.24) is 10.3 Å². The number of esters is 1. The minimum absolute atomic E-state index is 0.370. The Morgan fingerprint density at radius 2 is 2.45 bits per heavy atom. The van der Waals surface area contributed by atoms with E-state index in [-0.39, 0.29) is 5.97 Å². The number of methoxy groups -OCH3 is 1. The van der Waals surface area contributed by atoms with E-state index >= 15 is 0 Å². The zero-order chi connectivity index (χ0) is 14.4. The first kappa shape index (κ1) is 14.8. The van der Waals surface area contributed by atoms with Crippen LogP contribution in [0.15, 0.2) is 18.3 Å². The first-order valence-corrected chi connectivity index (χ1v) is 7.28. The van der Waals surface area contributed by atoms with E-state index < -0.39 is 0 Å². The Morgan fingerprint density at radius 3 is 3.10 bits per heavy atom. The van der Waals surface area contributed by atoms with Crippen LogP contribution in [0.2, 0.25) is 0 Å². The molecule has 1 fully saturated rings. The minimum atomic E-state index is -0.384. The van der Waals surface area contributed by atoms with Gasteiger partial charge in [0.05, 0.1) is 7.11 Å². The molecule has 1 aliphatic heterocycles. The number of hydrogen-bond donors (Lipinski definition) is 1. The lowest BCUT2D eigenvalue weighted by molar-refractivity contribution is 0.0594. The van der Waals surface area contributed by atoms with Crippen LogP contribution >= 0.6 is 0 Å². The second-order valence-electron chi connectivity index (χ2n) is 5.08. The summed E-state index contributed by atoms with van der Waals surface area (Å²) in [5, 5.41) is 3.44. The van der Waals surface area contributed by atoms with Crippen molar-refractivity contribution in [3.8, 4) is 0 Å². The van der Waals surface area contributed by atoms with Crippen LogP contribution in [-0.2, 0) is 4.74 Å². The molecule has 0 amide bonds. The summed E-state index contributed by atoms with van der Waals surface area (Å²) >= 11 is 0. The molecule has 1 atom stereocenters. The summed E-state index contributed by atoms with van der Waals surface area (Å²) in [6, 6.07) is 4.28. The summed E-state index contributed by atoms with van der Waals surface area (Å²) in [5.41, 5.74) is 1.42. The molecule has 1 aromatic rings. The van der Waals surface area contributed by atoms with E-state index in [0.29, 0.717) is 11.7 Å². The van der Waals surface area contributed by atoms with Gasteiger partial charge in [0, 0.05) is 31.0 Å². The van der Waals surface area contributed by atoms with Crippen LogP contribution in [0.4, 0.5) is 5.69 Å². The summed E-state index contributed by atoms with van der Waals surface area (Å²) in [5.74, 6) is -0.384. The normalized spacial score (nSPS) is 18.6. The summed E-state index contributed by atoms with van der Waals surface area (Å²) in [4.78, 5) is 18.1. The maximum Gasteiger partial charge on any atom is 0.356 e. The summed E-state index contributed by atoms with van der Waals surface area (Å²) in [6.45, 7) is 5.25. The molecule has 0 saturated carbocycles. The fourth-order valence-electron chi connectivity index (χ4n) is 2.68. The number of anilines is 1. The summed E-state index contributed by atoms with van der Waals surface area (Å²) in [7, 11) is 1.38. The lowest BCUT2D eigenvalue weighted by Crippen LogP contribution is -2.46. The van der Waals surface area contributed by atoms with Gasteiger partial charge in [0.25, 0.3) is 0 Å². The predicted molar refractivity (Wildman–Crippen MR) is 79.1 cm³/mol. The maximum atomic E-state index is 11.6. The standard InChI is InChI=1S/C15H23N3O2/c1-3-9-18(13-5-4-7-16-11-13)12-6-8-17-14(10-12)15(19)20-2/h6,8,10,13,16H,3-5,7,9,11H2,1-2H3. The Morgan fingerprint density at radius 1 is 1.60 bits per heavy atom. The highest BCUT2D eigenvalue weighted by Crippen LogP contribution is 2.21. The SMILES string of the molecule is CCCN(c1ccnc(C(=O)OC)c1)C1CCCNC1. The number of ether oxygens (including phenoxy) is 1. The molecule has 1 saturated heterocycles. The Balaban J connectivity index is 2.21. The molecule has 0 aromatic carbocycles. The van der Waals surface area contributed by atoms with E-state index in [1.807, 2.05) is 12.1 Å². The average Bonchev–Trinajstić information content (AvgIpc) is 2.52. The van der Waals surface area contributed by atoms with Crippen molar-refractivity contribution in [3.63, 3.8) is 0 Å². The molecular formula is C15H23N3O2. The Labute approximate surface area is 120 Å². The van der Waals surface area contributed by atoms with E-state index in [1.54, 1.807) is 6.20 Å². The van der Waals surface area contributed by atoms with Gasteiger partial charge in [0.1, 0.15) is 5.69 Å². The van der Waals surface area contributed by atoms with Crippen LogP contribution in [0.5, 0.6) is 0 Å². The lowest BCUT2D eigenvalue weighted by Gasteiger charge is -2.36. The van der Waals surface area contributed by atoms with E-state index in [2.05, 4.69) is 22.1 Å². The molecule has 5 nitrogen and oxygen atoms in total. The number of carbonyl (C=O) groups is 1. The van der Waals surface area contributed by atoms with Crippen molar-refractivity contribution < 1.29 is 9.53 Å². The largest absolute Gasteiger partial charge is 0.464 e. The van der Waals surface area contributed by atoms with Gasteiger partial charge in [-0.15, -0.1) is 0 Å². The van der Waals surface area contributed by atoms with Gasteiger partial charge in [0.2, 0.25) is 0 Å². The van der Waals surface area contributed by atoms with Crippen LogP contribution in [0, 0.1) is 0 Å². The topological polar surface area (TPSA) is 54.5 Å². The van der Waals surface area contributed by atoms with Crippen molar-refractivity contribution in [2.24, 2.45) is 0 Å². The van der Waals surface area contributed by atoms with Crippen molar-refractivity contribution >= 4 is 11.7 Å². The quantitative estimate of drug-likeness (QED) is 0.832. The van der Waals surface area contributed by atoms with Gasteiger partial charge in [0.15, 0.2) is 0 Å². The number of piperidine rings is 1. The number of hydrogen-bond acceptors (Lipinski definition) is 5. The fourth-order valence-corrected chi connectivity index (χ4v) is 2.68. The minimum Gasteiger partial charge on any atom is -0.464 e. The molecule has 0 spiro atoms. The molecule has 0 bridgehead atoms. The van der Waals surface area contributed by atoms with E-state index in [1.165, 1.54) is 20.0 Å². The lowest BCUT2D eigenvalue weighted by atomic mass is 10.0. The van der Waals surface area contributed by atoms with Crippen molar-refractivity contribution in [1.29, 1.82) is 0 Å². The number of rotatable bonds is 5. The number of nitrogens with one attached hydrogen (secondary N) is 1. The predicted octanol–water partition coefficient (Wildman–Crippen LogP) is 1.84. The molecule has 1 aliphatic rings. The Kier molecular flexibility index (Phi) is 5.35. The number of carbonyl (C=O) groups excluding carboxylic acids is 1. The zero-order valence-electron chi connectivity index (χ0n) is 12.3.